The van der Waals surface area contributed by atoms with Gasteiger partial charge in [-0.25, -0.2) is 9.50 Å². The molecule has 0 unspecified atom stereocenters. The first-order chi connectivity index (χ1) is 12.9. The Bertz CT molecular complexity index is 1070. The van der Waals surface area contributed by atoms with E-state index in [0.717, 1.165) is 0 Å². The Morgan fingerprint density at radius 3 is 2.67 bits per heavy atom. The van der Waals surface area contributed by atoms with E-state index in [2.05, 4.69) is 15.4 Å². The van der Waals surface area contributed by atoms with E-state index in [4.69, 9.17) is 5.11 Å². The Kier molecular flexibility index (Phi) is 5.31. The van der Waals surface area contributed by atoms with Gasteiger partial charge in [-0.05, 0) is 30.5 Å². The number of thioether (sulfide) groups is 1. The van der Waals surface area contributed by atoms with E-state index in [9.17, 15) is 14.4 Å². The molecule has 8 nitrogen and oxygen atoms in total. The molecule has 0 radical (unpaired) electrons. The van der Waals surface area contributed by atoms with E-state index in [1.165, 1.54) is 40.8 Å². The van der Waals surface area contributed by atoms with Crippen molar-refractivity contribution in [2.45, 2.75) is 24.6 Å². The predicted molar refractivity (Wildman–Crippen MR) is 101 cm³/mol. The summed E-state index contributed by atoms with van der Waals surface area (Å²) < 4.78 is 1.55. The number of carboxylic acids is 1. The van der Waals surface area contributed by atoms with Crippen molar-refractivity contribution in [2.24, 2.45) is 0 Å². The van der Waals surface area contributed by atoms with Crippen molar-refractivity contribution >= 4 is 29.3 Å². The van der Waals surface area contributed by atoms with Crippen LogP contribution in [0.2, 0.25) is 0 Å². The number of hydrogen-bond donors (Lipinski definition) is 3. The number of amides is 1. The zero-order chi connectivity index (χ0) is 19.6. The van der Waals surface area contributed by atoms with Crippen LogP contribution in [-0.4, -0.2) is 38.1 Å². The van der Waals surface area contributed by atoms with Crippen LogP contribution in [0.25, 0.3) is 5.65 Å². The molecule has 0 aliphatic heterocycles. The zero-order valence-corrected chi connectivity index (χ0v) is 15.6. The fourth-order valence-corrected chi connectivity index (χ4v) is 3.96. The minimum atomic E-state index is -1.19. The molecular formula is C18H18N4O4S. The largest absolute Gasteiger partial charge is 0.480 e. The van der Waals surface area contributed by atoms with Gasteiger partial charge in [0.05, 0.1) is 0 Å². The summed E-state index contributed by atoms with van der Waals surface area (Å²) in [7, 11) is 0. The minimum absolute atomic E-state index is 0.161. The van der Waals surface area contributed by atoms with Crippen LogP contribution in [0.4, 0.5) is 0 Å². The fraction of sp³-hybridized carbons (Fsp3) is 0.222. The summed E-state index contributed by atoms with van der Waals surface area (Å²) in [6, 6.07) is 7.44. The van der Waals surface area contributed by atoms with E-state index in [1.54, 1.807) is 4.52 Å². The molecule has 0 atom stereocenters. The first-order valence-corrected chi connectivity index (χ1v) is 9.14. The van der Waals surface area contributed by atoms with E-state index < -0.39 is 23.9 Å². The summed E-state index contributed by atoms with van der Waals surface area (Å²) in [5.41, 5.74) is 2.99. The smallest absolute Gasteiger partial charge is 0.322 e. The Balaban J connectivity index is 1.94. The molecule has 2 heterocycles. The lowest BCUT2D eigenvalue weighted by molar-refractivity contribution is -0.135. The number of carbonyl (C=O) groups excluding carboxylic acids is 1. The summed E-state index contributed by atoms with van der Waals surface area (Å²) in [4.78, 5) is 39.4. The normalized spacial score (nSPS) is 10.9. The molecule has 140 valence electrons. The van der Waals surface area contributed by atoms with Crippen LogP contribution in [-0.2, 0) is 10.5 Å². The molecule has 0 aliphatic carbocycles. The van der Waals surface area contributed by atoms with Crippen molar-refractivity contribution in [3.8, 4) is 0 Å². The van der Waals surface area contributed by atoms with Crippen molar-refractivity contribution in [1.29, 1.82) is 0 Å². The van der Waals surface area contributed by atoms with Crippen LogP contribution in [0.5, 0.6) is 0 Å². The third kappa shape index (κ3) is 3.87. The van der Waals surface area contributed by atoms with Gasteiger partial charge in [0.25, 0.3) is 5.91 Å². The van der Waals surface area contributed by atoms with Crippen molar-refractivity contribution in [3.05, 3.63) is 63.1 Å². The fourth-order valence-electron chi connectivity index (χ4n) is 2.76. The van der Waals surface area contributed by atoms with Gasteiger partial charge in [0.15, 0.2) is 11.1 Å². The van der Waals surface area contributed by atoms with E-state index >= 15 is 0 Å². The molecule has 3 N–H and O–H groups in total. The highest BCUT2D eigenvalue weighted by Crippen LogP contribution is 2.26. The van der Waals surface area contributed by atoms with Crippen molar-refractivity contribution in [3.63, 3.8) is 0 Å². The molecule has 2 aromatic heterocycles. The standard InChI is InChI=1S/C18H18N4O4S/c1-10-4-3-5-11(2)12(10)8-27-14-6-13(23)16(17-20-9-21-22(14)17)18(26)19-7-15(24)25/h3-6,9H,7-8H2,1-2H3,(H,19,26)(H,20,21)(H,24,25). The van der Waals surface area contributed by atoms with Crippen LogP contribution >= 0.6 is 11.8 Å². The summed E-state index contributed by atoms with van der Waals surface area (Å²) in [6.07, 6.45) is 1.38. The lowest BCUT2D eigenvalue weighted by Crippen LogP contribution is -2.33. The Hall–Kier alpha value is -3.07. The van der Waals surface area contributed by atoms with Crippen LogP contribution in [0.15, 0.2) is 40.4 Å². The highest BCUT2D eigenvalue weighted by atomic mass is 32.2. The number of nitrogens with one attached hydrogen (secondary N) is 2. The number of carbonyl (C=O) groups is 2. The van der Waals surface area contributed by atoms with Crippen LogP contribution in [0, 0.1) is 13.8 Å². The third-order valence-electron chi connectivity index (χ3n) is 4.17. The van der Waals surface area contributed by atoms with Gasteiger partial charge in [0.2, 0.25) is 0 Å². The Labute approximate surface area is 158 Å². The van der Waals surface area contributed by atoms with Gasteiger partial charge in [-0.1, -0.05) is 18.2 Å². The maximum atomic E-state index is 12.5. The highest BCUT2D eigenvalue weighted by molar-refractivity contribution is 7.98. The second-order valence-corrected chi connectivity index (χ2v) is 7.00. The van der Waals surface area contributed by atoms with Crippen molar-refractivity contribution < 1.29 is 14.7 Å². The number of rotatable bonds is 6. The SMILES string of the molecule is Cc1cccc(C)c1CSc1cc(=O)c(C(=O)NCC(=O)O)c2nc[nH]n12. The van der Waals surface area contributed by atoms with Gasteiger partial charge in [0, 0.05) is 11.8 Å². The van der Waals surface area contributed by atoms with Crippen LogP contribution < -0.4 is 10.7 Å². The van der Waals surface area contributed by atoms with Gasteiger partial charge in [-0.2, -0.15) is 0 Å². The summed E-state index contributed by atoms with van der Waals surface area (Å²) in [5.74, 6) is -1.30. The van der Waals surface area contributed by atoms with E-state index in [0.29, 0.717) is 10.8 Å². The van der Waals surface area contributed by atoms with Gasteiger partial charge in [-0.15, -0.1) is 11.8 Å². The molecule has 0 saturated heterocycles. The average Bonchev–Trinajstić information content (AvgIpc) is 3.08. The molecular weight excluding hydrogens is 368 g/mol. The van der Waals surface area contributed by atoms with Crippen LogP contribution in [0.1, 0.15) is 27.0 Å². The summed E-state index contributed by atoms with van der Waals surface area (Å²) >= 11 is 1.45. The molecule has 0 fully saturated rings. The monoisotopic (exact) mass is 386 g/mol. The number of aliphatic carboxylic acids is 1. The molecule has 9 heteroatoms. The molecule has 0 spiro atoms. The predicted octanol–water partition coefficient (Wildman–Crippen LogP) is 1.75. The molecule has 1 aromatic carbocycles. The quantitative estimate of drug-likeness (QED) is 0.556. The number of aromatic nitrogens is 3. The summed E-state index contributed by atoms with van der Waals surface area (Å²) in [6.45, 7) is 3.51. The molecule has 0 aliphatic rings. The molecule has 3 rings (SSSR count). The van der Waals surface area contributed by atoms with E-state index in [-0.39, 0.29) is 11.2 Å². The number of nitrogens with zero attached hydrogens (tertiary/aromatic N) is 2. The second-order valence-electron chi connectivity index (χ2n) is 6.00. The number of fused-ring (bicyclic) bond motifs is 1. The average molecular weight is 386 g/mol. The number of benzene rings is 1. The number of H-pyrrole nitrogens is 1. The number of pyridine rings is 1. The second kappa shape index (κ2) is 7.67. The van der Waals surface area contributed by atoms with Gasteiger partial charge in [-0.3, -0.25) is 19.5 Å². The number of aromatic amines is 1. The molecule has 0 saturated carbocycles. The number of carboxylic acid groups (broad SMARTS) is 1. The maximum absolute atomic E-state index is 12.5. The molecule has 0 bridgehead atoms. The lowest BCUT2D eigenvalue weighted by Gasteiger charge is -2.11. The molecule has 27 heavy (non-hydrogen) atoms. The van der Waals surface area contributed by atoms with Gasteiger partial charge < -0.3 is 10.4 Å². The number of hydrogen-bond acceptors (Lipinski definition) is 5. The number of aryl methyl sites for hydroxylation is 2. The molecule has 3 aromatic rings. The Morgan fingerprint density at radius 2 is 2.00 bits per heavy atom. The maximum Gasteiger partial charge on any atom is 0.322 e. The van der Waals surface area contributed by atoms with E-state index in [1.807, 2.05) is 32.0 Å². The lowest BCUT2D eigenvalue weighted by atomic mass is 10.1. The van der Waals surface area contributed by atoms with Crippen molar-refractivity contribution in [2.75, 3.05) is 6.54 Å². The molecule has 1 amide bonds. The Morgan fingerprint density at radius 1 is 1.30 bits per heavy atom. The third-order valence-corrected chi connectivity index (χ3v) is 5.20. The minimum Gasteiger partial charge on any atom is -0.480 e. The summed E-state index contributed by atoms with van der Waals surface area (Å²) in [5, 5.41) is 14.4. The zero-order valence-electron chi connectivity index (χ0n) is 14.8. The highest BCUT2D eigenvalue weighted by Gasteiger charge is 2.20. The van der Waals surface area contributed by atoms with Gasteiger partial charge in [0.1, 0.15) is 23.5 Å². The topological polar surface area (TPSA) is 117 Å². The first-order valence-electron chi connectivity index (χ1n) is 8.15. The van der Waals surface area contributed by atoms with Crippen LogP contribution in [0.3, 0.4) is 0 Å². The first kappa shape index (κ1) is 18.7. The van der Waals surface area contributed by atoms with Crippen molar-refractivity contribution in [1.82, 2.24) is 19.9 Å². The van der Waals surface area contributed by atoms with Gasteiger partial charge >= 0.3 is 5.97 Å².